The number of nitrogens with zero attached hydrogens (tertiary/aromatic N) is 1. The quantitative estimate of drug-likeness (QED) is 0.442. The van der Waals surface area contributed by atoms with Crippen molar-refractivity contribution in [3.05, 3.63) is 59.3 Å². The molecule has 4 nitrogen and oxygen atoms in total. The van der Waals surface area contributed by atoms with Gasteiger partial charge in [0.15, 0.2) is 0 Å². The van der Waals surface area contributed by atoms with Crippen LogP contribution < -0.4 is 0 Å². The number of aryl methyl sites for hydroxylation is 1. The normalized spacial score (nSPS) is 10.7. The van der Waals surface area contributed by atoms with Crippen LogP contribution in [-0.4, -0.2) is 16.7 Å². The Labute approximate surface area is 148 Å². The van der Waals surface area contributed by atoms with Crippen LogP contribution in [0.1, 0.15) is 17.9 Å². The first kappa shape index (κ1) is 16.8. The topological polar surface area (TPSA) is 52.3 Å². The molecule has 0 amide bonds. The van der Waals surface area contributed by atoms with E-state index in [1.165, 1.54) is 0 Å². The standard InChI is InChI=1S/C18H17NO3S2/c1-13-15(19-18(22-13)16-8-5-10-24-16)12-21-17(20)9-11-23-14-6-3-2-4-7-14/h2-8,10H,9,11-12H2,1H3. The van der Waals surface area contributed by atoms with Crippen molar-refractivity contribution < 1.29 is 13.9 Å². The third-order valence-corrected chi connectivity index (χ3v) is 5.18. The van der Waals surface area contributed by atoms with Crippen LogP contribution in [0.2, 0.25) is 0 Å². The number of carbonyl (C=O) groups is 1. The van der Waals surface area contributed by atoms with Crippen LogP contribution >= 0.6 is 23.1 Å². The first-order valence-corrected chi connectivity index (χ1v) is 9.42. The summed E-state index contributed by atoms with van der Waals surface area (Å²) in [6, 6.07) is 13.9. The summed E-state index contributed by atoms with van der Waals surface area (Å²) in [6.45, 7) is 1.98. The molecular formula is C18H17NO3S2. The second kappa shape index (κ2) is 8.17. The highest BCUT2D eigenvalue weighted by Gasteiger charge is 2.14. The van der Waals surface area contributed by atoms with E-state index in [4.69, 9.17) is 9.15 Å². The van der Waals surface area contributed by atoms with E-state index in [0.717, 1.165) is 9.77 Å². The van der Waals surface area contributed by atoms with Crippen LogP contribution in [-0.2, 0) is 16.1 Å². The van der Waals surface area contributed by atoms with Gasteiger partial charge in [0.25, 0.3) is 0 Å². The number of hydrogen-bond donors (Lipinski definition) is 0. The minimum absolute atomic E-state index is 0.148. The molecule has 3 aromatic rings. The summed E-state index contributed by atoms with van der Waals surface area (Å²) in [7, 11) is 0. The van der Waals surface area contributed by atoms with Crippen LogP contribution in [0.3, 0.4) is 0 Å². The van der Waals surface area contributed by atoms with Gasteiger partial charge in [0.05, 0.1) is 11.3 Å². The third-order valence-electron chi connectivity index (χ3n) is 3.31. The Kier molecular flexibility index (Phi) is 5.72. The monoisotopic (exact) mass is 359 g/mol. The molecule has 24 heavy (non-hydrogen) atoms. The van der Waals surface area contributed by atoms with Crippen molar-refractivity contribution in [1.82, 2.24) is 4.98 Å². The number of aromatic nitrogens is 1. The molecule has 1 aromatic carbocycles. The highest BCUT2D eigenvalue weighted by molar-refractivity contribution is 7.99. The average Bonchev–Trinajstić information content (AvgIpc) is 3.23. The molecule has 0 radical (unpaired) electrons. The molecule has 0 unspecified atom stereocenters. The van der Waals surface area contributed by atoms with Crippen molar-refractivity contribution in [3.8, 4) is 10.8 Å². The van der Waals surface area contributed by atoms with E-state index >= 15 is 0 Å². The summed E-state index contributed by atoms with van der Waals surface area (Å²) < 4.78 is 10.9. The van der Waals surface area contributed by atoms with Crippen molar-refractivity contribution in [2.75, 3.05) is 5.75 Å². The lowest BCUT2D eigenvalue weighted by atomic mass is 10.4. The predicted octanol–water partition coefficient (Wildman–Crippen LogP) is 4.94. The number of ether oxygens (including phenoxy) is 1. The highest BCUT2D eigenvalue weighted by atomic mass is 32.2. The molecule has 0 fully saturated rings. The first-order valence-electron chi connectivity index (χ1n) is 7.56. The van der Waals surface area contributed by atoms with Crippen LogP contribution in [0.5, 0.6) is 0 Å². The van der Waals surface area contributed by atoms with Crippen molar-refractivity contribution in [2.45, 2.75) is 24.8 Å². The van der Waals surface area contributed by atoms with Gasteiger partial charge in [-0.1, -0.05) is 24.3 Å². The fourth-order valence-corrected chi connectivity index (χ4v) is 3.56. The first-order chi connectivity index (χ1) is 11.7. The van der Waals surface area contributed by atoms with E-state index in [2.05, 4.69) is 4.98 Å². The molecule has 2 aromatic heterocycles. The van der Waals surface area contributed by atoms with E-state index in [1.807, 2.05) is 54.8 Å². The summed E-state index contributed by atoms with van der Waals surface area (Å²) in [5.41, 5.74) is 0.669. The number of carbonyl (C=O) groups excluding carboxylic acids is 1. The molecule has 0 N–H and O–H groups in total. The van der Waals surface area contributed by atoms with E-state index in [9.17, 15) is 4.79 Å². The summed E-state index contributed by atoms with van der Waals surface area (Å²) in [4.78, 5) is 18.4. The predicted molar refractivity (Wildman–Crippen MR) is 96.1 cm³/mol. The number of thiophene rings is 1. The maximum absolute atomic E-state index is 11.9. The molecule has 0 saturated heterocycles. The van der Waals surface area contributed by atoms with Crippen molar-refractivity contribution >= 4 is 29.1 Å². The zero-order valence-electron chi connectivity index (χ0n) is 13.2. The Morgan fingerprint density at radius 1 is 1.25 bits per heavy atom. The maximum atomic E-state index is 11.9. The maximum Gasteiger partial charge on any atom is 0.307 e. The minimum Gasteiger partial charge on any atom is -0.459 e. The van der Waals surface area contributed by atoms with Gasteiger partial charge in [-0.15, -0.1) is 23.1 Å². The number of esters is 1. The van der Waals surface area contributed by atoms with Crippen LogP contribution in [0.15, 0.2) is 57.2 Å². The van der Waals surface area contributed by atoms with Crippen molar-refractivity contribution in [1.29, 1.82) is 0 Å². The summed E-state index contributed by atoms with van der Waals surface area (Å²) in [6.07, 6.45) is 0.369. The number of rotatable bonds is 7. The number of benzene rings is 1. The third kappa shape index (κ3) is 4.49. The summed E-state index contributed by atoms with van der Waals surface area (Å²) >= 11 is 3.21. The van der Waals surface area contributed by atoms with Gasteiger partial charge in [0.2, 0.25) is 5.89 Å². The number of thioether (sulfide) groups is 1. The largest absolute Gasteiger partial charge is 0.459 e. The molecule has 6 heteroatoms. The molecule has 124 valence electrons. The summed E-state index contributed by atoms with van der Waals surface area (Å²) in [5, 5.41) is 1.97. The molecule has 0 saturated carbocycles. The second-order valence-corrected chi connectivity index (χ2v) is 7.19. The van der Waals surface area contributed by atoms with Gasteiger partial charge < -0.3 is 9.15 Å². The van der Waals surface area contributed by atoms with Gasteiger partial charge >= 0.3 is 5.97 Å². The van der Waals surface area contributed by atoms with Crippen molar-refractivity contribution in [2.24, 2.45) is 0 Å². The highest BCUT2D eigenvalue weighted by Crippen LogP contribution is 2.26. The zero-order valence-corrected chi connectivity index (χ0v) is 14.9. The Bertz CT molecular complexity index is 782. The Morgan fingerprint density at radius 2 is 2.08 bits per heavy atom. The van der Waals surface area contributed by atoms with E-state index in [0.29, 0.717) is 29.5 Å². The van der Waals surface area contributed by atoms with Gasteiger partial charge in [-0.3, -0.25) is 4.79 Å². The van der Waals surface area contributed by atoms with E-state index in [1.54, 1.807) is 23.1 Å². The molecule has 0 aliphatic heterocycles. The molecule has 0 aliphatic carbocycles. The Hall–Kier alpha value is -2.05. The Balaban J connectivity index is 1.46. The van der Waals surface area contributed by atoms with Crippen LogP contribution in [0.25, 0.3) is 10.8 Å². The Morgan fingerprint density at radius 3 is 2.83 bits per heavy atom. The number of hydrogen-bond acceptors (Lipinski definition) is 6. The van der Waals surface area contributed by atoms with Gasteiger partial charge in [0, 0.05) is 10.6 Å². The molecule has 0 spiro atoms. The van der Waals surface area contributed by atoms with Gasteiger partial charge in [-0.2, -0.15) is 0 Å². The summed E-state index contributed by atoms with van der Waals surface area (Å²) in [5.74, 6) is 1.73. The lowest BCUT2D eigenvalue weighted by Gasteiger charge is -2.03. The molecule has 0 bridgehead atoms. The fraction of sp³-hybridized carbons (Fsp3) is 0.222. The van der Waals surface area contributed by atoms with Gasteiger partial charge in [0.1, 0.15) is 18.1 Å². The van der Waals surface area contributed by atoms with Crippen molar-refractivity contribution in [3.63, 3.8) is 0 Å². The minimum atomic E-state index is -0.224. The number of oxazole rings is 1. The average molecular weight is 359 g/mol. The van der Waals surface area contributed by atoms with Crippen LogP contribution in [0, 0.1) is 6.92 Å². The lowest BCUT2D eigenvalue weighted by molar-refractivity contribution is -0.144. The molecule has 0 atom stereocenters. The molecule has 2 heterocycles. The van der Waals surface area contributed by atoms with Crippen LogP contribution in [0.4, 0.5) is 0 Å². The fourth-order valence-electron chi connectivity index (χ4n) is 2.06. The van der Waals surface area contributed by atoms with E-state index in [-0.39, 0.29) is 12.6 Å². The molecular weight excluding hydrogens is 342 g/mol. The van der Waals surface area contributed by atoms with Gasteiger partial charge in [-0.05, 0) is 30.5 Å². The molecule has 3 rings (SSSR count). The second-order valence-electron chi connectivity index (χ2n) is 5.07. The SMILES string of the molecule is Cc1oc(-c2cccs2)nc1COC(=O)CCSc1ccccc1. The molecule has 0 aliphatic rings. The van der Waals surface area contributed by atoms with Gasteiger partial charge in [-0.25, -0.2) is 4.98 Å². The zero-order chi connectivity index (χ0) is 16.8. The van der Waals surface area contributed by atoms with E-state index < -0.39 is 0 Å². The smallest absolute Gasteiger partial charge is 0.307 e. The lowest BCUT2D eigenvalue weighted by Crippen LogP contribution is -2.06.